The van der Waals surface area contributed by atoms with E-state index >= 15 is 0 Å². The third-order valence-corrected chi connectivity index (χ3v) is 6.38. The Morgan fingerprint density at radius 1 is 1.14 bits per heavy atom. The number of fused-ring (bicyclic) bond motifs is 3. The van der Waals surface area contributed by atoms with Gasteiger partial charge < -0.3 is 14.9 Å². The van der Waals surface area contributed by atoms with E-state index in [9.17, 15) is 4.79 Å². The van der Waals surface area contributed by atoms with Gasteiger partial charge in [0.25, 0.3) is 5.91 Å². The maximum Gasteiger partial charge on any atom is 0.290 e. The lowest BCUT2D eigenvalue weighted by molar-refractivity contribution is 0.0680. The Labute approximate surface area is 173 Å². The van der Waals surface area contributed by atoms with Gasteiger partial charge >= 0.3 is 0 Å². The van der Waals surface area contributed by atoms with E-state index in [4.69, 9.17) is 0 Å². The van der Waals surface area contributed by atoms with E-state index in [0.29, 0.717) is 12.4 Å². The van der Waals surface area contributed by atoms with E-state index < -0.39 is 0 Å². The normalized spacial score (nSPS) is 16.2. The fraction of sp³-hybridized carbons (Fsp3) is 0.217. The summed E-state index contributed by atoms with van der Waals surface area (Å²) in [5, 5.41) is 1.24. The van der Waals surface area contributed by atoms with Gasteiger partial charge in [-0.15, -0.1) is 11.8 Å². The first-order valence-electron chi connectivity index (χ1n) is 9.71. The van der Waals surface area contributed by atoms with Crippen LogP contribution in [0.5, 0.6) is 0 Å². The number of aromatic amines is 2. The standard InChI is InChI=1S/C23H22N4OS/c1-14-13-24-22(25-14)23(28)27-12-11-18-17-5-3-4-6-19(17)26-20(18)21(27)15-7-9-16(29-2)10-8-15/h3-10,13,21,26H,11-12H2,1-2H3,(H,24,25). The second-order valence-electron chi connectivity index (χ2n) is 7.40. The zero-order valence-electron chi connectivity index (χ0n) is 16.4. The monoisotopic (exact) mass is 402 g/mol. The summed E-state index contributed by atoms with van der Waals surface area (Å²) in [5.41, 5.74) is 5.51. The van der Waals surface area contributed by atoms with Gasteiger partial charge in [0, 0.05) is 39.9 Å². The van der Waals surface area contributed by atoms with Crippen molar-refractivity contribution in [1.29, 1.82) is 0 Å². The van der Waals surface area contributed by atoms with Gasteiger partial charge in [0.2, 0.25) is 0 Å². The van der Waals surface area contributed by atoms with Gasteiger partial charge in [-0.1, -0.05) is 30.3 Å². The molecular weight excluding hydrogens is 380 g/mol. The SMILES string of the molecule is CSc1ccc(C2c3[nH]c4ccccc4c3CCN2C(=O)c2ncc(C)[nH]2)cc1. The second-order valence-corrected chi connectivity index (χ2v) is 8.28. The first-order chi connectivity index (χ1) is 14.2. The fourth-order valence-corrected chi connectivity index (χ4v) is 4.66. The fourth-order valence-electron chi connectivity index (χ4n) is 4.25. The van der Waals surface area contributed by atoms with E-state index in [1.807, 2.05) is 17.9 Å². The molecular formula is C23H22N4OS. The number of benzene rings is 2. The summed E-state index contributed by atoms with van der Waals surface area (Å²) in [6.45, 7) is 2.57. The molecule has 0 aliphatic carbocycles. The molecule has 2 N–H and O–H groups in total. The smallest absolute Gasteiger partial charge is 0.290 e. The van der Waals surface area contributed by atoms with Crippen LogP contribution in [0.25, 0.3) is 10.9 Å². The molecule has 0 radical (unpaired) electrons. The van der Waals surface area contributed by atoms with Crippen molar-refractivity contribution in [3.8, 4) is 0 Å². The Morgan fingerprint density at radius 2 is 1.93 bits per heavy atom. The Morgan fingerprint density at radius 3 is 2.66 bits per heavy atom. The number of aromatic nitrogens is 3. The van der Waals surface area contributed by atoms with Crippen LogP contribution in [0.1, 0.15) is 39.2 Å². The number of nitrogens with zero attached hydrogens (tertiary/aromatic N) is 2. The number of hydrogen-bond donors (Lipinski definition) is 2. The molecule has 1 amide bonds. The topological polar surface area (TPSA) is 64.8 Å². The number of aryl methyl sites for hydroxylation is 1. The number of thioether (sulfide) groups is 1. The molecule has 1 unspecified atom stereocenters. The zero-order chi connectivity index (χ0) is 20.0. The number of para-hydroxylation sites is 1. The number of imidazole rings is 1. The van der Waals surface area contributed by atoms with Crippen molar-refractivity contribution in [3.05, 3.63) is 83.1 Å². The Bertz CT molecular complexity index is 1190. The number of carbonyl (C=O) groups is 1. The third-order valence-electron chi connectivity index (χ3n) is 5.63. The van der Waals surface area contributed by atoms with Crippen molar-refractivity contribution in [2.24, 2.45) is 0 Å². The van der Waals surface area contributed by atoms with Crippen LogP contribution in [0.2, 0.25) is 0 Å². The lowest BCUT2D eigenvalue weighted by atomic mass is 9.92. The number of H-pyrrole nitrogens is 2. The highest BCUT2D eigenvalue weighted by molar-refractivity contribution is 7.98. The van der Waals surface area contributed by atoms with Gasteiger partial charge in [-0.25, -0.2) is 4.98 Å². The third kappa shape index (κ3) is 3.04. The summed E-state index contributed by atoms with van der Waals surface area (Å²) in [4.78, 5) is 27.5. The number of nitrogens with one attached hydrogen (secondary N) is 2. The average Bonchev–Trinajstić information content (AvgIpc) is 3.36. The van der Waals surface area contributed by atoms with Crippen LogP contribution in [0, 0.1) is 6.92 Å². The molecule has 1 aliphatic heterocycles. The molecule has 0 saturated carbocycles. The van der Waals surface area contributed by atoms with Crippen LogP contribution in [-0.4, -0.2) is 38.6 Å². The molecule has 0 fully saturated rings. The molecule has 5 nitrogen and oxygen atoms in total. The molecule has 0 spiro atoms. The lowest BCUT2D eigenvalue weighted by Crippen LogP contribution is -2.41. The van der Waals surface area contributed by atoms with Gasteiger partial charge in [0.05, 0.1) is 6.04 Å². The van der Waals surface area contributed by atoms with Crippen LogP contribution >= 0.6 is 11.8 Å². The molecule has 29 heavy (non-hydrogen) atoms. The summed E-state index contributed by atoms with van der Waals surface area (Å²) in [7, 11) is 0. The van der Waals surface area contributed by atoms with Gasteiger partial charge in [-0.2, -0.15) is 0 Å². The Hall–Kier alpha value is -2.99. The van der Waals surface area contributed by atoms with E-state index in [0.717, 1.165) is 28.9 Å². The number of rotatable bonds is 3. The van der Waals surface area contributed by atoms with Crippen LogP contribution in [-0.2, 0) is 6.42 Å². The molecule has 6 heteroatoms. The molecule has 0 bridgehead atoms. The van der Waals surface area contributed by atoms with Gasteiger partial charge in [-0.3, -0.25) is 4.79 Å². The van der Waals surface area contributed by atoms with Crippen molar-refractivity contribution >= 4 is 28.6 Å². The molecule has 5 rings (SSSR count). The van der Waals surface area contributed by atoms with Crippen molar-refractivity contribution in [2.45, 2.75) is 24.3 Å². The predicted octanol–water partition coefficient (Wildman–Crippen LogP) is 4.71. The number of hydrogen-bond acceptors (Lipinski definition) is 3. The van der Waals surface area contributed by atoms with Gasteiger partial charge in [-0.05, 0) is 48.9 Å². The van der Waals surface area contributed by atoms with Gasteiger partial charge in [0.15, 0.2) is 5.82 Å². The van der Waals surface area contributed by atoms with Crippen LogP contribution < -0.4 is 0 Å². The first-order valence-corrected chi connectivity index (χ1v) is 10.9. The van der Waals surface area contributed by atoms with Crippen molar-refractivity contribution < 1.29 is 4.79 Å². The molecule has 4 aromatic rings. The highest BCUT2D eigenvalue weighted by atomic mass is 32.2. The summed E-state index contributed by atoms with van der Waals surface area (Å²) in [5.74, 6) is 0.328. The van der Waals surface area contributed by atoms with E-state index in [1.54, 1.807) is 18.0 Å². The van der Waals surface area contributed by atoms with Crippen LogP contribution in [0.3, 0.4) is 0 Å². The zero-order valence-corrected chi connectivity index (χ0v) is 17.2. The van der Waals surface area contributed by atoms with Crippen LogP contribution in [0.4, 0.5) is 0 Å². The quantitative estimate of drug-likeness (QED) is 0.488. The maximum absolute atomic E-state index is 13.4. The molecule has 2 aromatic heterocycles. The summed E-state index contributed by atoms with van der Waals surface area (Å²) in [6, 6.07) is 16.7. The van der Waals surface area contributed by atoms with E-state index in [1.165, 1.54) is 15.8 Å². The maximum atomic E-state index is 13.4. The summed E-state index contributed by atoms with van der Waals surface area (Å²) in [6.07, 6.45) is 4.60. The summed E-state index contributed by atoms with van der Waals surface area (Å²) >= 11 is 1.72. The average molecular weight is 403 g/mol. The summed E-state index contributed by atoms with van der Waals surface area (Å²) < 4.78 is 0. The minimum atomic E-state index is -0.167. The number of carbonyl (C=O) groups excluding carboxylic acids is 1. The minimum absolute atomic E-state index is 0.0682. The molecule has 146 valence electrons. The predicted molar refractivity (Wildman–Crippen MR) is 116 cm³/mol. The van der Waals surface area contributed by atoms with E-state index in [2.05, 4.69) is 63.7 Å². The molecule has 2 aromatic carbocycles. The minimum Gasteiger partial charge on any atom is -0.356 e. The molecule has 0 saturated heterocycles. The van der Waals surface area contributed by atoms with Crippen molar-refractivity contribution in [1.82, 2.24) is 19.9 Å². The lowest BCUT2D eigenvalue weighted by Gasteiger charge is -2.35. The van der Waals surface area contributed by atoms with E-state index in [-0.39, 0.29) is 11.9 Å². The van der Waals surface area contributed by atoms with Crippen molar-refractivity contribution in [3.63, 3.8) is 0 Å². The molecule has 1 aliphatic rings. The number of amides is 1. The van der Waals surface area contributed by atoms with Crippen molar-refractivity contribution in [2.75, 3.05) is 12.8 Å². The largest absolute Gasteiger partial charge is 0.356 e. The van der Waals surface area contributed by atoms with Gasteiger partial charge in [0.1, 0.15) is 0 Å². The van der Waals surface area contributed by atoms with Crippen LogP contribution in [0.15, 0.2) is 59.6 Å². The highest BCUT2D eigenvalue weighted by Gasteiger charge is 2.35. The molecule has 1 atom stereocenters. The Kier molecular flexibility index (Phi) is 4.43. The highest BCUT2D eigenvalue weighted by Crippen LogP contribution is 2.39. The second kappa shape index (κ2) is 7.12. The first kappa shape index (κ1) is 18.1. The molecule has 3 heterocycles. The Balaban J connectivity index is 1.65.